The number of halogens is 1. The number of hydrogen-bond donors (Lipinski definition) is 1. The summed E-state index contributed by atoms with van der Waals surface area (Å²) in [7, 11) is 1.51. The minimum Gasteiger partial charge on any atom is -0.493 e. The van der Waals surface area contributed by atoms with E-state index in [4.69, 9.17) is 9.47 Å². The van der Waals surface area contributed by atoms with Gasteiger partial charge in [-0.15, -0.1) is 0 Å². The van der Waals surface area contributed by atoms with E-state index in [0.717, 1.165) is 8.47 Å². The van der Waals surface area contributed by atoms with Crippen molar-refractivity contribution in [1.82, 2.24) is 10.3 Å². The maximum atomic E-state index is 12.9. The number of methoxy groups -OCH3 is 1. The summed E-state index contributed by atoms with van der Waals surface area (Å²) in [6.45, 7) is 3.81. The fourth-order valence-electron chi connectivity index (χ4n) is 2.72. The molecule has 29 heavy (non-hydrogen) atoms. The van der Waals surface area contributed by atoms with Gasteiger partial charge in [0.2, 0.25) is 0 Å². The number of amides is 4. The molecule has 0 unspecified atom stereocenters. The van der Waals surface area contributed by atoms with Gasteiger partial charge in [0.1, 0.15) is 5.57 Å². The molecule has 1 aromatic heterocycles. The predicted octanol–water partition coefficient (Wildman–Crippen LogP) is 3.15. The summed E-state index contributed by atoms with van der Waals surface area (Å²) in [6, 6.07) is 5.64. The molecule has 3 rings (SSSR count). The molecule has 1 aliphatic rings. The maximum Gasteiger partial charge on any atom is 0.335 e. The Morgan fingerprint density at radius 1 is 1.17 bits per heavy atom. The largest absolute Gasteiger partial charge is 0.493 e. The number of benzene rings is 1. The van der Waals surface area contributed by atoms with Crippen LogP contribution >= 0.6 is 22.6 Å². The number of aromatic nitrogens is 1. The molecule has 150 valence electrons. The third kappa shape index (κ3) is 4.39. The van der Waals surface area contributed by atoms with Crippen LogP contribution in [0.3, 0.4) is 0 Å². The number of imide groups is 2. The van der Waals surface area contributed by atoms with Crippen molar-refractivity contribution >= 4 is 52.2 Å². The fraction of sp³-hybridized carbons (Fsp3) is 0.200. The summed E-state index contributed by atoms with van der Waals surface area (Å²) < 4.78 is 11.9. The zero-order valence-electron chi connectivity index (χ0n) is 15.9. The van der Waals surface area contributed by atoms with Crippen LogP contribution in [0.2, 0.25) is 0 Å². The van der Waals surface area contributed by atoms with Crippen molar-refractivity contribution in [1.29, 1.82) is 0 Å². The number of ether oxygens (including phenoxy) is 2. The number of carbonyl (C=O) groups excluding carboxylic acids is 3. The molecule has 0 radical (unpaired) electrons. The van der Waals surface area contributed by atoms with Crippen molar-refractivity contribution in [2.24, 2.45) is 0 Å². The third-order valence-electron chi connectivity index (χ3n) is 3.94. The second-order valence-corrected chi connectivity index (χ2v) is 7.53. The average molecular weight is 507 g/mol. The highest BCUT2D eigenvalue weighted by atomic mass is 127. The van der Waals surface area contributed by atoms with Crippen molar-refractivity contribution < 1.29 is 23.9 Å². The first kappa shape index (κ1) is 20.8. The van der Waals surface area contributed by atoms with Gasteiger partial charge < -0.3 is 9.47 Å². The first-order valence-corrected chi connectivity index (χ1v) is 9.75. The molecule has 8 nitrogen and oxygen atoms in total. The number of urea groups is 1. The highest BCUT2D eigenvalue weighted by molar-refractivity contribution is 14.1. The van der Waals surface area contributed by atoms with E-state index >= 15 is 0 Å². The van der Waals surface area contributed by atoms with Crippen molar-refractivity contribution in [3.8, 4) is 11.5 Å². The molecular weight excluding hydrogens is 489 g/mol. The summed E-state index contributed by atoms with van der Waals surface area (Å²) in [5.74, 6) is -0.426. The van der Waals surface area contributed by atoms with Gasteiger partial charge in [-0.3, -0.25) is 19.9 Å². The Hall–Kier alpha value is -2.95. The fourth-order valence-corrected chi connectivity index (χ4v) is 3.48. The van der Waals surface area contributed by atoms with E-state index in [1.807, 2.05) is 13.8 Å². The lowest BCUT2D eigenvalue weighted by Crippen LogP contribution is -2.54. The minimum absolute atomic E-state index is 0.0488. The topological polar surface area (TPSA) is 97.8 Å². The second kappa shape index (κ2) is 8.60. The number of pyridine rings is 1. The third-order valence-corrected chi connectivity index (χ3v) is 4.74. The van der Waals surface area contributed by atoms with Gasteiger partial charge in [0.05, 0.1) is 22.5 Å². The van der Waals surface area contributed by atoms with Crippen LogP contribution in [0.4, 0.5) is 10.5 Å². The SMILES string of the molecule is COc1cc(/C=C2\C(=O)NC(=O)N(c3ccncc3)C2=O)cc(I)c1OC(C)C. The molecule has 0 bridgehead atoms. The predicted molar refractivity (Wildman–Crippen MR) is 115 cm³/mol. The molecule has 1 N–H and O–H groups in total. The Labute approximate surface area is 181 Å². The maximum absolute atomic E-state index is 12.9. The molecule has 2 aromatic rings. The highest BCUT2D eigenvalue weighted by Gasteiger charge is 2.36. The van der Waals surface area contributed by atoms with Crippen LogP contribution in [0.15, 0.2) is 42.2 Å². The number of carbonyl (C=O) groups is 3. The number of nitrogens with zero attached hydrogens (tertiary/aromatic N) is 2. The van der Waals surface area contributed by atoms with Gasteiger partial charge in [-0.05, 0) is 72.3 Å². The van der Waals surface area contributed by atoms with Crippen LogP contribution in [0.5, 0.6) is 11.5 Å². The van der Waals surface area contributed by atoms with Crippen molar-refractivity contribution in [2.75, 3.05) is 12.0 Å². The van der Waals surface area contributed by atoms with E-state index in [-0.39, 0.29) is 11.7 Å². The monoisotopic (exact) mass is 507 g/mol. The summed E-state index contributed by atoms with van der Waals surface area (Å²) in [4.78, 5) is 42.2. The second-order valence-electron chi connectivity index (χ2n) is 6.36. The lowest BCUT2D eigenvalue weighted by atomic mass is 10.1. The van der Waals surface area contributed by atoms with Crippen LogP contribution in [-0.4, -0.2) is 36.0 Å². The number of anilines is 1. The molecule has 1 aliphatic heterocycles. The normalized spacial score (nSPS) is 15.7. The smallest absolute Gasteiger partial charge is 0.335 e. The van der Waals surface area contributed by atoms with E-state index in [2.05, 4.69) is 32.9 Å². The summed E-state index contributed by atoms with van der Waals surface area (Å²) in [6.07, 6.45) is 4.28. The van der Waals surface area contributed by atoms with E-state index < -0.39 is 17.8 Å². The Bertz CT molecular complexity index is 1000. The Morgan fingerprint density at radius 2 is 1.86 bits per heavy atom. The molecule has 0 atom stereocenters. The van der Waals surface area contributed by atoms with E-state index in [9.17, 15) is 14.4 Å². The van der Waals surface area contributed by atoms with Gasteiger partial charge in [0, 0.05) is 12.4 Å². The van der Waals surface area contributed by atoms with Gasteiger partial charge in [0.25, 0.3) is 11.8 Å². The molecule has 9 heteroatoms. The number of barbiturate groups is 1. The summed E-state index contributed by atoms with van der Waals surface area (Å²) >= 11 is 2.10. The van der Waals surface area contributed by atoms with Crippen LogP contribution in [-0.2, 0) is 9.59 Å². The van der Waals surface area contributed by atoms with Gasteiger partial charge in [-0.25, -0.2) is 9.69 Å². The van der Waals surface area contributed by atoms with Gasteiger partial charge in [0.15, 0.2) is 11.5 Å². The molecule has 4 amide bonds. The lowest BCUT2D eigenvalue weighted by Gasteiger charge is -2.26. The molecule has 0 aliphatic carbocycles. The molecule has 1 saturated heterocycles. The van der Waals surface area contributed by atoms with Crippen molar-refractivity contribution in [3.05, 3.63) is 51.4 Å². The first-order chi connectivity index (χ1) is 13.8. The van der Waals surface area contributed by atoms with Gasteiger partial charge in [-0.1, -0.05) is 0 Å². The zero-order chi connectivity index (χ0) is 21.1. The lowest BCUT2D eigenvalue weighted by molar-refractivity contribution is -0.122. The quantitative estimate of drug-likeness (QED) is 0.380. The standard InChI is InChI=1S/C20H18IN3O5/c1-11(2)29-17-15(21)9-12(10-16(17)28-3)8-14-18(25)23-20(27)24(19(14)26)13-4-6-22-7-5-13/h4-11H,1-3H3,(H,23,25,27)/b14-8+. The Balaban J connectivity index is 2.02. The van der Waals surface area contributed by atoms with Crippen molar-refractivity contribution in [2.45, 2.75) is 20.0 Å². The molecule has 2 heterocycles. The minimum atomic E-state index is -0.809. The molecular formula is C20H18IN3O5. The summed E-state index contributed by atoms with van der Waals surface area (Å²) in [5.41, 5.74) is 0.704. The Morgan fingerprint density at radius 3 is 2.48 bits per heavy atom. The molecule has 0 spiro atoms. The summed E-state index contributed by atoms with van der Waals surface area (Å²) in [5, 5.41) is 2.19. The van der Waals surface area contributed by atoms with Crippen LogP contribution < -0.4 is 19.7 Å². The number of rotatable bonds is 5. The number of nitrogens with one attached hydrogen (secondary N) is 1. The van der Waals surface area contributed by atoms with E-state index in [1.165, 1.54) is 37.7 Å². The van der Waals surface area contributed by atoms with E-state index in [1.54, 1.807) is 12.1 Å². The molecule has 1 aromatic carbocycles. The van der Waals surface area contributed by atoms with Crippen LogP contribution in [0.25, 0.3) is 6.08 Å². The number of hydrogen-bond acceptors (Lipinski definition) is 6. The van der Waals surface area contributed by atoms with E-state index in [0.29, 0.717) is 22.7 Å². The van der Waals surface area contributed by atoms with Crippen LogP contribution in [0.1, 0.15) is 19.4 Å². The molecule has 0 saturated carbocycles. The average Bonchev–Trinajstić information content (AvgIpc) is 2.67. The van der Waals surface area contributed by atoms with Crippen LogP contribution in [0, 0.1) is 3.57 Å². The first-order valence-electron chi connectivity index (χ1n) is 8.67. The highest BCUT2D eigenvalue weighted by Crippen LogP contribution is 2.35. The molecule has 1 fully saturated rings. The van der Waals surface area contributed by atoms with Crippen molar-refractivity contribution in [3.63, 3.8) is 0 Å². The Kier molecular flexibility index (Phi) is 6.16. The van der Waals surface area contributed by atoms with Gasteiger partial charge >= 0.3 is 6.03 Å². The van der Waals surface area contributed by atoms with Gasteiger partial charge in [-0.2, -0.15) is 0 Å². The zero-order valence-corrected chi connectivity index (χ0v) is 18.1.